The van der Waals surface area contributed by atoms with Gasteiger partial charge in [0.25, 0.3) is 5.91 Å². The van der Waals surface area contributed by atoms with Crippen molar-refractivity contribution in [3.8, 4) is 0 Å². The minimum absolute atomic E-state index is 0.00134. The second-order valence-corrected chi connectivity index (χ2v) is 9.48. The number of fused-ring (bicyclic) bond motifs is 1. The van der Waals surface area contributed by atoms with Gasteiger partial charge in [-0.1, -0.05) is 76.2 Å². The second kappa shape index (κ2) is 10.2. The average Bonchev–Trinajstić information content (AvgIpc) is 3.15. The van der Waals surface area contributed by atoms with Crippen molar-refractivity contribution in [2.45, 2.75) is 6.10 Å². The molecule has 1 amide bonds. The van der Waals surface area contributed by atoms with Gasteiger partial charge in [-0.05, 0) is 36.4 Å². The summed E-state index contributed by atoms with van der Waals surface area (Å²) in [7, 11) is 0. The van der Waals surface area contributed by atoms with E-state index >= 15 is 0 Å². The number of carbonyl (C=O) groups excluding carboxylic acids is 4. The van der Waals surface area contributed by atoms with Gasteiger partial charge in [0.1, 0.15) is 12.0 Å². The Labute approximate surface area is 224 Å². The molecule has 1 N–H and O–H groups in total. The minimum atomic E-state index is -1.72. The van der Waals surface area contributed by atoms with Crippen LogP contribution in [0.4, 0.5) is 5.69 Å². The molecule has 0 aliphatic carbocycles. The quantitative estimate of drug-likeness (QED) is 0.115. The first-order chi connectivity index (χ1) is 16.6. The lowest BCUT2D eigenvalue weighted by Crippen LogP contribution is -2.38. The third-order valence-corrected chi connectivity index (χ3v) is 7.05. The molecular formula is C24H12Cl5NO5. The normalized spacial score (nSPS) is 15.2. The summed E-state index contributed by atoms with van der Waals surface area (Å²) in [5.74, 6) is -5.58. The molecule has 0 aromatic heterocycles. The van der Waals surface area contributed by atoms with Gasteiger partial charge in [0, 0.05) is 11.1 Å². The van der Waals surface area contributed by atoms with Crippen molar-refractivity contribution in [3.05, 3.63) is 96.4 Å². The van der Waals surface area contributed by atoms with Gasteiger partial charge in [-0.2, -0.15) is 0 Å². The van der Waals surface area contributed by atoms with E-state index in [9.17, 15) is 19.2 Å². The number of ether oxygens (including phenoxy) is 1. The maximum atomic E-state index is 13.5. The Morgan fingerprint density at radius 1 is 0.800 bits per heavy atom. The predicted octanol–water partition coefficient (Wildman–Crippen LogP) is 6.87. The van der Waals surface area contributed by atoms with Crippen LogP contribution in [-0.2, 0) is 14.3 Å². The molecule has 6 nitrogen and oxygen atoms in total. The maximum Gasteiger partial charge on any atom is 0.339 e. The molecule has 0 saturated heterocycles. The van der Waals surface area contributed by atoms with E-state index in [1.54, 1.807) is 18.2 Å². The van der Waals surface area contributed by atoms with Crippen molar-refractivity contribution in [1.29, 1.82) is 0 Å². The van der Waals surface area contributed by atoms with Crippen LogP contribution in [0, 0.1) is 5.92 Å². The summed E-state index contributed by atoms with van der Waals surface area (Å²) in [4.78, 5) is 52.3. The number of cyclic esters (lactones) is 1. The fraction of sp³-hybridized carbons (Fsp3) is 0.0833. The number of rotatable bonds is 6. The number of hydrogen-bond donors (Lipinski definition) is 1. The summed E-state index contributed by atoms with van der Waals surface area (Å²) in [5, 5.41) is 2.85. The van der Waals surface area contributed by atoms with Crippen LogP contribution in [-0.4, -0.2) is 23.4 Å². The average molecular weight is 572 g/mol. The number of ketones is 2. The second-order valence-electron chi connectivity index (χ2n) is 7.45. The van der Waals surface area contributed by atoms with Crippen LogP contribution in [0.15, 0.2) is 54.6 Å². The van der Waals surface area contributed by atoms with Crippen LogP contribution in [0.5, 0.6) is 0 Å². The summed E-state index contributed by atoms with van der Waals surface area (Å²) in [6, 6.07) is 12.8. The molecule has 0 radical (unpaired) electrons. The zero-order valence-corrected chi connectivity index (χ0v) is 21.1. The molecule has 3 aromatic carbocycles. The first-order valence-electron chi connectivity index (χ1n) is 9.87. The number of amides is 1. The standard InChI is InChI=1S/C24H12Cl5NO5/c25-13-6-5-10(7-14(13)26)20(31)19(22-11-3-1-2-4-12(11)24(34)35-22)21(32)23(33)30-18-9-16(28)15(27)8-17(18)29/h1-9,19,22H,(H,30,33)/t19-,22+/m1/s1. The van der Waals surface area contributed by atoms with Crippen LogP contribution in [0.25, 0.3) is 0 Å². The Kier molecular flexibility index (Phi) is 7.40. The first kappa shape index (κ1) is 25.5. The van der Waals surface area contributed by atoms with Crippen LogP contribution in [0.1, 0.15) is 32.4 Å². The van der Waals surface area contributed by atoms with Gasteiger partial charge in [0.2, 0.25) is 5.78 Å². The lowest BCUT2D eigenvalue weighted by atomic mass is 9.84. The molecular weight excluding hydrogens is 560 g/mol. The molecule has 11 heteroatoms. The summed E-state index contributed by atoms with van der Waals surface area (Å²) >= 11 is 30.0. The monoisotopic (exact) mass is 569 g/mol. The lowest BCUT2D eigenvalue weighted by Gasteiger charge is -2.21. The van der Waals surface area contributed by atoms with Crippen LogP contribution >= 0.6 is 58.0 Å². The predicted molar refractivity (Wildman–Crippen MR) is 134 cm³/mol. The van der Waals surface area contributed by atoms with Gasteiger partial charge in [-0.25, -0.2) is 4.79 Å². The third-order valence-electron chi connectivity index (χ3n) is 5.27. The Hall–Kier alpha value is -2.61. The van der Waals surface area contributed by atoms with Gasteiger partial charge in [0.15, 0.2) is 5.78 Å². The number of hydrogen-bond acceptors (Lipinski definition) is 5. The number of esters is 1. The van der Waals surface area contributed by atoms with Gasteiger partial charge >= 0.3 is 5.97 Å². The van der Waals surface area contributed by atoms with Gasteiger partial charge < -0.3 is 10.1 Å². The van der Waals surface area contributed by atoms with E-state index in [4.69, 9.17) is 62.7 Å². The highest BCUT2D eigenvalue weighted by Gasteiger charge is 2.46. The molecule has 0 spiro atoms. The van der Waals surface area contributed by atoms with Crippen LogP contribution in [0.2, 0.25) is 25.1 Å². The van der Waals surface area contributed by atoms with Gasteiger partial charge in [-0.3, -0.25) is 14.4 Å². The highest BCUT2D eigenvalue weighted by Crippen LogP contribution is 2.39. The molecule has 0 saturated carbocycles. The molecule has 35 heavy (non-hydrogen) atoms. The van der Waals surface area contributed by atoms with E-state index in [1.807, 2.05) is 0 Å². The maximum absolute atomic E-state index is 13.5. The zero-order chi connectivity index (χ0) is 25.4. The summed E-state index contributed by atoms with van der Waals surface area (Å²) in [5.41, 5.74) is 0.484. The van der Waals surface area contributed by atoms with Crippen LogP contribution in [0.3, 0.4) is 0 Å². The Balaban J connectivity index is 1.74. The molecule has 3 aromatic rings. The Morgan fingerprint density at radius 3 is 2.17 bits per heavy atom. The summed E-state index contributed by atoms with van der Waals surface area (Å²) in [6.07, 6.45) is -1.34. The molecule has 0 fully saturated rings. The molecule has 2 atom stereocenters. The fourth-order valence-corrected chi connectivity index (χ4v) is 4.48. The number of nitrogens with one attached hydrogen (secondary N) is 1. The van der Waals surface area contributed by atoms with E-state index in [1.165, 1.54) is 36.4 Å². The third kappa shape index (κ3) is 5.03. The van der Waals surface area contributed by atoms with Crippen molar-refractivity contribution in [2.24, 2.45) is 5.92 Å². The lowest BCUT2D eigenvalue weighted by molar-refractivity contribution is -0.138. The number of benzene rings is 3. The summed E-state index contributed by atoms with van der Waals surface area (Å²) < 4.78 is 5.39. The van der Waals surface area contributed by atoms with E-state index in [-0.39, 0.29) is 41.9 Å². The van der Waals surface area contributed by atoms with Gasteiger partial charge in [0.05, 0.1) is 36.4 Å². The SMILES string of the molecule is O=C(Nc1cc(Cl)c(Cl)cc1Cl)C(=O)[C@@H](C(=O)c1ccc(Cl)c(Cl)c1)[C@H]1OC(=O)c2ccccc21. The minimum Gasteiger partial charge on any atom is -0.453 e. The Morgan fingerprint density at radius 2 is 1.46 bits per heavy atom. The highest BCUT2D eigenvalue weighted by atomic mass is 35.5. The molecule has 178 valence electrons. The molecule has 1 aliphatic heterocycles. The molecule has 1 aliphatic rings. The highest BCUT2D eigenvalue weighted by molar-refractivity contribution is 6.48. The van der Waals surface area contributed by atoms with Gasteiger partial charge in [-0.15, -0.1) is 0 Å². The van der Waals surface area contributed by atoms with Crippen molar-refractivity contribution in [1.82, 2.24) is 0 Å². The molecule has 4 rings (SSSR count). The van der Waals surface area contributed by atoms with Crippen LogP contribution < -0.4 is 5.32 Å². The van der Waals surface area contributed by atoms with E-state index in [2.05, 4.69) is 5.32 Å². The summed E-state index contributed by atoms with van der Waals surface area (Å²) in [6.45, 7) is 0. The number of anilines is 1. The van der Waals surface area contributed by atoms with Crippen molar-refractivity contribution in [3.63, 3.8) is 0 Å². The smallest absolute Gasteiger partial charge is 0.339 e. The zero-order valence-electron chi connectivity index (χ0n) is 17.3. The van der Waals surface area contributed by atoms with E-state index in [0.717, 1.165) is 0 Å². The molecule has 0 unspecified atom stereocenters. The largest absolute Gasteiger partial charge is 0.453 e. The van der Waals surface area contributed by atoms with E-state index < -0.39 is 35.5 Å². The van der Waals surface area contributed by atoms with Crippen molar-refractivity contribution >= 4 is 87.1 Å². The van der Waals surface area contributed by atoms with Crippen molar-refractivity contribution < 1.29 is 23.9 Å². The first-order valence-corrected chi connectivity index (χ1v) is 11.8. The number of carbonyl (C=O) groups is 4. The van der Waals surface area contributed by atoms with E-state index in [0.29, 0.717) is 5.56 Å². The fourth-order valence-electron chi connectivity index (χ4n) is 3.59. The molecule has 0 bridgehead atoms. The number of halogens is 5. The topological polar surface area (TPSA) is 89.5 Å². The van der Waals surface area contributed by atoms with Crippen molar-refractivity contribution in [2.75, 3.05) is 5.32 Å². The number of Topliss-reactive ketones (excluding diaryl/α,β-unsaturated/α-hetero) is 2. The Bertz CT molecular complexity index is 1410. The molecule has 1 heterocycles.